The standard InChI is InChI=1S/C22H25BrN2O4/c1-5-27-16-7-12(14(23)8-17(16)28-6-2)19-13(11-24)21(25)29-18-10-22(3,4)9-15(26)20(18)19/h7-8,19H,5-6,9-10,25H2,1-4H3/t19-/m0/s1. The summed E-state index contributed by atoms with van der Waals surface area (Å²) in [7, 11) is 0. The van der Waals surface area contributed by atoms with E-state index in [2.05, 4.69) is 22.0 Å². The van der Waals surface area contributed by atoms with E-state index in [9.17, 15) is 10.1 Å². The fourth-order valence-corrected chi connectivity index (χ4v) is 4.46. The first kappa shape index (κ1) is 21.3. The predicted octanol–water partition coefficient (Wildman–Crippen LogP) is 4.70. The number of carbonyl (C=O) groups excluding carboxylic acids is 1. The SMILES string of the molecule is CCOc1cc(Br)c([C@H]2C(C#N)=C(N)OC3=C2C(=O)CC(C)(C)C3)cc1OCC. The topological polar surface area (TPSA) is 94.6 Å². The van der Waals surface area contributed by atoms with E-state index >= 15 is 0 Å². The largest absolute Gasteiger partial charge is 0.490 e. The average molecular weight is 461 g/mol. The minimum Gasteiger partial charge on any atom is -0.490 e. The van der Waals surface area contributed by atoms with Crippen LogP contribution >= 0.6 is 15.9 Å². The molecule has 3 rings (SSSR count). The third kappa shape index (κ3) is 3.99. The third-order valence-corrected chi connectivity index (χ3v) is 5.74. The van der Waals surface area contributed by atoms with Crippen LogP contribution in [0.1, 0.15) is 52.0 Å². The van der Waals surface area contributed by atoms with Gasteiger partial charge in [-0.1, -0.05) is 29.8 Å². The first-order valence-electron chi connectivity index (χ1n) is 9.65. The molecule has 29 heavy (non-hydrogen) atoms. The van der Waals surface area contributed by atoms with E-state index in [0.717, 1.165) is 5.56 Å². The van der Waals surface area contributed by atoms with Gasteiger partial charge in [-0.2, -0.15) is 5.26 Å². The minimum atomic E-state index is -0.614. The molecule has 1 aliphatic heterocycles. The van der Waals surface area contributed by atoms with Gasteiger partial charge in [0.05, 0.1) is 19.1 Å². The highest BCUT2D eigenvalue weighted by molar-refractivity contribution is 9.10. The first-order valence-corrected chi connectivity index (χ1v) is 10.4. The number of hydrogen-bond acceptors (Lipinski definition) is 6. The van der Waals surface area contributed by atoms with E-state index in [1.807, 2.05) is 39.8 Å². The zero-order valence-corrected chi connectivity index (χ0v) is 18.7. The summed E-state index contributed by atoms with van der Waals surface area (Å²) in [6.07, 6.45) is 0.966. The highest BCUT2D eigenvalue weighted by Crippen LogP contribution is 2.50. The van der Waals surface area contributed by atoms with Crippen molar-refractivity contribution in [1.29, 1.82) is 5.26 Å². The van der Waals surface area contributed by atoms with E-state index in [0.29, 0.717) is 53.4 Å². The molecule has 1 aliphatic carbocycles. The molecule has 2 N–H and O–H groups in total. The Bertz CT molecular complexity index is 956. The lowest BCUT2D eigenvalue weighted by molar-refractivity contribution is -0.119. The molecule has 1 aromatic rings. The number of nitrogens with zero attached hydrogens (tertiary/aromatic N) is 1. The Hall–Kier alpha value is -2.46. The van der Waals surface area contributed by atoms with Gasteiger partial charge in [-0.15, -0.1) is 0 Å². The van der Waals surface area contributed by atoms with Gasteiger partial charge in [0, 0.05) is 22.9 Å². The maximum atomic E-state index is 13.1. The van der Waals surface area contributed by atoms with Crippen molar-refractivity contribution >= 4 is 21.7 Å². The molecule has 0 saturated carbocycles. The Morgan fingerprint density at radius 1 is 1.24 bits per heavy atom. The molecule has 0 unspecified atom stereocenters. The van der Waals surface area contributed by atoms with E-state index in [-0.39, 0.29) is 22.7 Å². The van der Waals surface area contributed by atoms with Gasteiger partial charge < -0.3 is 19.9 Å². The summed E-state index contributed by atoms with van der Waals surface area (Å²) in [4.78, 5) is 13.1. The van der Waals surface area contributed by atoms with Crippen molar-refractivity contribution in [3.8, 4) is 17.6 Å². The molecule has 1 aromatic carbocycles. The summed E-state index contributed by atoms with van der Waals surface area (Å²) in [6.45, 7) is 8.77. The average Bonchev–Trinajstić information content (AvgIpc) is 2.62. The third-order valence-electron chi connectivity index (χ3n) is 5.05. The number of nitriles is 1. The van der Waals surface area contributed by atoms with E-state index in [4.69, 9.17) is 19.9 Å². The molecule has 2 aliphatic rings. The molecule has 0 fully saturated rings. The quantitative estimate of drug-likeness (QED) is 0.683. The van der Waals surface area contributed by atoms with Crippen LogP contribution < -0.4 is 15.2 Å². The molecule has 1 atom stereocenters. The zero-order valence-electron chi connectivity index (χ0n) is 17.1. The van der Waals surface area contributed by atoms with Crippen LogP contribution in [0.5, 0.6) is 11.5 Å². The fraction of sp³-hybridized carbons (Fsp3) is 0.455. The molecule has 0 bridgehead atoms. The molecular formula is C22H25BrN2O4. The van der Waals surface area contributed by atoms with Gasteiger partial charge in [-0.3, -0.25) is 4.79 Å². The van der Waals surface area contributed by atoms with E-state index < -0.39 is 5.92 Å². The van der Waals surface area contributed by atoms with Gasteiger partial charge in [0.15, 0.2) is 17.3 Å². The van der Waals surface area contributed by atoms with Crippen molar-refractivity contribution in [2.75, 3.05) is 13.2 Å². The number of halogens is 1. The number of nitrogens with two attached hydrogens (primary N) is 1. The maximum absolute atomic E-state index is 13.1. The van der Waals surface area contributed by atoms with Gasteiger partial charge >= 0.3 is 0 Å². The molecule has 0 spiro atoms. The number of rotatable bonds is 5. The van der Waals surface area contributed by atoms with Gasteiger partial charge in [0.2, 0.25) is 5.88 Å². The molecule has 1 heterocycles. The first-order chi connectivity index (χ1) is 13.7. The molecule has 0 amide bonds. The molecule has 0 aromatic heterocycles. The van der Waals surface area contributed by atoms with Crippen molar-refractivity contribution in [2.45, 2.75) is 46.5 Å². The van der Waals surface area contributed by atoms with Crippen LogP contribution in [0, 0.1) is 16.7 Å². The number of Topliss-reactive ketones (excluding diaryl/α,β-unsaturated/α-hetero) is 1. The fourth-order valence-electron chi connectivity index (χ4n) is 3.90. The van der Waals surface area contributed by atoms with Gasteiger partial charge in [0.25, 0.3) is 0 Å². The summed E-state index contributed by atoms with van der Waals surface area (Å²) in [5, 5.41) is 9.80. The Balaban J connectivity index is 2.22. The van der Waals surface area contributed by atoms with Crippen LogP contribution in [0.4, 0.5) is 0 Å². The molecule has 0 radical (unpaired) electrons. The van der Waals surface area contributed by atoms with E-state index in [1.165, 1.54) is 0 Å². The van der Waals surface area contributed by atoms with Gasteiger partial charge in [0.1, 0.15) is 17.4 Å². The second-order valence-corrected chi connectivity index (χ2v) is 8.74. The molecule has 0 saturated heterocycles. The lowest BCUT2D eigenvalue weighted by Crippen LogP contribution is -2.33. The second kappa shape index (κ2) is 8.11. The zero-order chi connectivity index (χ0) is 21.3. The van der Waals surface area contributed by atoms with Crippen molar-refractivity contribution < 1.29 is 19.0 Å². The Morgan fingerprint density at radius 3 is 2.45 bits per heavy atom. The number of carbonyl (C=O) groups is 1. The Morgan fingerprint density at radius 2 is 1.86 bits per heavy atom. The van der Waals surface area contributed by atoms with Crippen molar-refractivity contribution in [3.05, 3.63) is 45.0 Å². The molecule has 154 valence electrons. The Kier molecular flexibility index (Phi) is 5.95. The van der Waals surface area contributed by atoms with Crippen molar-refractivity contribution in [3.63, 3.8) is 0 Å². The second-order valence-electron chi connectivity index (χ2n) is 7.89. The number of ether oxygens (including phenoxy) is 3. The Labute approximate surface area is 179 Å². The lowest BCUT2D eigenvalue weighted by Gasteiger charge is -2.37. The predicted molar refractivity (Wildman–Crippen MR) is 112 cm³/mol. The summed E-state index contributed by atoms with van der Waals surface area (Å²) < 4.78 is 17.9. The molecule has 6 nitrogen and oxygen atoms in total. The number of allylic oxidation sites excluding steroid dienone is 3. The highest BCUT2D eigenvalue weighted by Gasteiger charge is 2.43. The summed E-state index contributed by atoms with van der Waals surface area (Å²) in [5.41, 5.74) is 7.33. The van der Waals surface area contributed by atoms with Crippen LogP contribution in [0.15, 0.2) is 39.4 Å². The minimum absolute atomic E-state index is 0.0276. The van der Waals surface area contributed by atoms with Crippen LogP contribution in [-0.4, -0.2) is 19.0 Å². The smallest absolute Gasteiger partial charge is 0.205 e. The molecular weight excluding hydrogens is 436 g/mol. The number of ketones is 1. The summed E-state index contributed by atoms with van der Waals surface area (Å²) in [5.74, 6) is 1.10. The van der Waals surface area contributed by atoms with Crippen LogP contribution in [0.3, 0.4) is 0 Å². The monoisotopic (exact) mass is 460 g/mol. The normalized spacial score (nSPS) is 20.7. The number of hydrogen-bond donors (Lipinski definition) is 1. The summed E-state index contributed by atoms with van der Waals surface area (Å²) in [6, 6.07) is 5.77. The molecule has 7 heteroatoms. The summed E-state index contributed by atoms with van der Waals surface area (Å²) >= 11 is 3.59. The van der Waals surface area contributed by atoms with Crippen molar-refractivity contribution in [2.24, 2.45) is 11.1 Å². The van der Waals surface area contributed by atoms with Crippen LogP contribution in [-0.2, 0) is 9.53 Å². The van der Waals surface area contributed by atoms with Gasteiger partial charge in [-0.05, 0) is 37.0 Å². The van der Waals surface area contributed by atoms with Crippen LogP contribution in [0.25, 0.3) is 0 Å². The number of benzene rings is 1. The highest BCUT2D eigenvalue weighted by atomic mass is 79.9. The van der Waals surface area contributed by atoms with Crippen LogP contribution in [0.2, 0.25) is 0 Å². The lowest BCUT2D eigenvalue weighted by atomic mass is 9.70. The van der Waals surface area contributed by atoms with Gasteiger partial charge in [-0.25, -0.2) is 0 Å². The maximum Gasteiger partial charge on any atom is 0.205 e. The van der Waals surface area contributed by atoms with Crippen molar-refractivity contribution in [1.82, 2.24) is 0 Å². The van der Waals surface area contributed by atoms with E-state index in [1.54, 1.807) is 0 Å².